The molecule has 1 radical (unpaired) electrons. The van der Waals surface area contributed by atoms with Gasteiger partial charge in [0, 0.05) is 0 Å². The fourth-order valence-corrected chi connectivity index (χ4v) is 0.434. The molecule has 3 heteroatoms. The molecular weight excluding hydrogens is 117 g/mol. The molecule has 0 bridgehead atoms. The van der Waals surface area contributed by atoms with Gasteiger partial charge in [0.1, 0.15) is 0 Å². The Bertz CT molecular complexity index is 95.5. The highest BCUT2D eigenvalue weighted by Crippen LogP contribution is 2.56. The first-order chi connectivity index (χ1) is 3.46. The highest BCUT2D eigenvalue weighted by molar-refractivity contribution is 5.00. The van der Waals surface area contributed by atoms with E-state index < -0.39 is 11.6 Å². The van der Waals surface area contributed by atoms with Gasteiger partial charge in [-0.2, -0.15) is 13.2 Å². The summed E-state index contributed by atoms with van der Waals surface area (Å²) in [5.41, 5.74) is -1.56. The average Bonchev–Trinajstić information content (AvgIpc) is 2.16. The summed E-state index contributed by atoms with van der Waals surface area (Å²) in [7, 11) is 0. The fourth-order valence-electron chi connectivity index (χ4n) is 0.434. The monoisotopic (exact) mass is 123 g/mol. The highest BCUT2D eigenvalue weighted by Gasteiger charge is 2.59. The maximum atomic E-state index is 11.6. The molecule has 0 aromatic rings. The molecule has 47 valence electrons. The first-order valence-electron chi connectivity index (χ1n) is 2.38. The Morgan fingerprint density at radius 1 is 1.25 bits per heavy atom. The Morgan fingerprint density at radius 2 is 1.62 bits per heavy atom. The lowest BCUT2D eigenvalue weighted by Crippen LogP contribution is -2.20. The lowest BCUT2D eigenvalue weighted by molar-refractivity contribution is -0.172. The molecule has 0 amide bonds. The van der Waals surface area contributed by atoms with Crippen LogP contribution in [0, 0.1) is 12.3 Å². The van der Waals surface area contributed by atoms with Crippen molar-refractivity contribution in [3.8, 4) is 0 Å². The van der Waals surface area contributed by atoms with Gasteiger partial charge in [-0.1, -0.05) is 0 Å². The van der Waals surface area contributed by atoms with E-state index in [4.69, 9.17) is 0 Å². The minimum absolute atomic E-state index is 0.205. The zero-order valence-electron chi connectivity index (χ0n) is 4.26. The lowest BCUT2D eigenvalue weighted by Gasteiger charge is -2.11. The van der Waals surface area contributed by atoms with Crippen LogP contribution in [-0.4, -0.2) is 6.18 Å². The smallest absolute Gasteiger partial charge is 0.171 e. The summed E-state index contributed by atoms with van der Waals surface area (Å²) in [4.78, 5) is 0. The number of hydrogen-bond acceptors (Lipinski definition) is 0. The van der Waals surface area contributed by atoms with Crippen LogP contribution in [0.1, 0.15) is 12.8 Å². The standard InChI is InChI=1S/C5H6F3/c1-4(2-3-4)5(6,7)8/h1-3H2. The zero-order chi connectivity index (χ0) is 6.41. The molecule has 1 aliphatic rings. The zero-order valence-corrected chi connectivity index (χ0v) is 4.26. The lowest BCUT2D eigenvalue weighted by atomic mass is 10.1. The SMILES string of the molecule is [CH2]C1(C(F)(F)F)CC1. The quantitative estimate of drug-likeness (QED) is 0.463. The molecule has 0 nitrogen and oxygen atoms in total. The van der Waals surface area contributed by atoms with Crippen molar-refractivity contribution in [3.63, 3.8) is 0 Å². The first-order valence-corrected chi connectivity index (χ1v) is 2.38. The van der Waals surface area contributed by atoms with Crippen molar-refractivity contribution in [2.75, 3.05) is 0 Å². The van der Waals surface area contributed by atoms with E-state index in [0.29, 0.717) is 0 Å². The third-order valence-electron chi connectivity index (χ3n) is 1.45. The molecule has 0 atom stereocenters. The van der Waals surface area contributed by atoms with Gasteiger partial charge in [0.2, 0.25) is 0 Å². The second-order valence-corrected chi connectivity index (χ2v) is 2.28. The van der Waals surface area contributed by atoms with Gasteiger partial charge in [-0.05, 0) is 19.8 Å². The van der Waals surface area contributed by atoms with Gasteiger partial charge in [-0.15, -0.1) is 0 Å². The van der Waals surface area contributed by atoms with Crippen LogP contribution in [0.5, 0.6) is 0 Å². The number of halogens is 3. The molecule has 0 heterocycles. The van der Waals surface area contributed by atoms with Gasteiger partial charge in [0.15, 0.2) is 0 Å². The van der Waals surface area contributed by atoms with Gasteiger partial charge in [0.05, 0.1) is 5.41 Å². The summed E-state index contributed by atoms with van der Waals surface area (Å²) in [6.07, 6.45) is -3.65. The predicted molar refractivity (Wildman–Crippen MR) is 23.1 cm³/mol. The number of rotatable bonds is 0. The van der Waals surface area contributed by atoms with Crippen LogP contribution in [-0.2, 0) is 0 Å². The summed E-state index contributed by atoms with van der Waals surface area (Å²) < 4.78 is 34.7. The van der Waals surface area contributed by atoms with Gasteiger partial charge in [-0.3, -0.25) is 0 Å². The van der Waals surface area contributed by atoms with Gasteiger partial charge in [0.25, 0.3) is 0 Å². The summed E-state index contributed by atoms with van der Waals surface area (Å²) in [6.45, 7) is 3.03. The molecule has 0 spiro atoms. The molecule has 1 rings (SSSR count). The van der Waals surface area contributed by atoms with Crippen molar-refractivity contribution in [1.82, 2.24) is 0 Å². The Labute approximate surface area is 45.7 Å². The van der Waals surface area contributed by atoms with Crippen LogP contribution in [0.15, 0.2) is 0 Å². The van der Waals surface area contributed by atoms with E-state index in [1.165, 1.54) is 0 Å². The molecule has 1 aliphatic carbocycles. The molecule has 0 N–H and O–H groups in total. The summed E-state index contributed by atoms with van der Waals surface area (Å²) >= 11 is 0. The van der Waals surface area contributed by atoms with Gasteiger partial charge >= 0.3 is 6.18 Å². The minimum atomic E-state index is -4.06. The Kier molecular flexibility index (Phi) is 0.886. The molecule has 1 saturated carbocycles. The second-order valence-electron chi connectivity index (χ2n) is 2.28. The van der Waals surface area contributed by atoms with Crippen LogP contribution in [0.3, 0.4) is 0 Å². The maximum absolute atomic E-state index is 11.6. The van der Waals surface area contributed by atoms with Crippen LogP contribution in [0.25, 0.3) is 0 Å². The molecule has 0 aromatic carbocycles. The fraction of sp³-hybridized carbons (Fsp3) is 0.800. The normalized spacial score (nSPS) is 25.5. The van der Waals surface area contributed by atoms with Gasteiger partial charge in [-0.25, -0.2) is 0 Å². The summed E-state index contributed by atoms with van der Waals surface area (Å²) in [5.74, 6) is 0. The summed E-state index contributed by atoms with van der Waals surface area (Å²) in [6, 6.07) is 0. The largest absolute Gasteiger partial charge is 0.394 e. The second kappa shape index (κ2) is 1.20. The number of alkyl halides is 3. The van der Waals surface area contributed by atoms with Crippen molar-refractivity contribution < 1.29 is 13.2 Å². The van der Waals surface area contributed by atoms with E-state index >= 15 is 0 Å². The van der Waals surface area contributed by atoms with Crippen LogP contribution < -0.4 is 0 Å². The predicted octanol–water partition coefficient (Wildman–Crippen LogP) is 2.16. The Hall–Kier alpha value is -0.210. The van der Waals surface area contributed by atoms with Crippen molar-refractivity contribution >= 4 is 0 Å². The molecule has 8 heavy (non-hydrogen) atoms. The topological polar surface area (TPSA) is 0 Å². The molecule has 0 aliphatic heterocycles. The molecule has 0 aromatic heterocycles. The Balaban J connectivity index is 2.58. The van der Waals surface area contributed by atoms with Crippen LogP contribution in [0.4, 0.5) is 13.2 Å². The molecular formula is C5H6F3. The van der Waals surface area contributed by atoms with E-state index in [1.807, 2.05) is 0 Å². The molecule has 0 unspecified atom stereocenters. The van der Waals surface area contributed by atoms with E-state index in [2.05, 4.69) is 6.92 Å². The number of hydrogen-bond donors (Lipinski definition) is 0. The first kappa shape index (κ1) is 5.92. The van der Waals surface area contributed by atoms with E-state index in [-0.39, 0.29) is 12.8 Å². The van der Waals surface area contributed by atoms with Crippen molar-refractivity contribution in [2.45, 2.75) is 19.0 Å². The van der Waals surface area contributed by atoms with Crippen molar-refractivity contribution in [2.24, 2.45) is 5.41 Å². The van der Waals surface area contributed by atoms with E-state index in [0.717, 1.165) is 0 Å². The molecule has 1 fully saturated rings. The summed E-state index contributed by atoms with van der Waals surface area (Å²) in [5, 5.41) is 0. The minimum Gasteiger partial charge on any atom is -0.171 e. The van der Waals surface area contributed by atoms with Crippen LogP contribution >= 0.6 is 0 Å². The van der Waals surface area contributed by atoms with Gasteiger partial charge < -0.3 is 0 Å². The maximum Gasteiger partial charge on any atom is 0.394 e. The third-order valence-corrected chi connectivity index (χ3v) is 1.45. The van der Waals surface area contributed by atoms with E-state index in [9.17, 15) is 13.2 Å². The molecule has 0 saturated heterocycles. The van der Waals surface area contributed by atoms with Crippen molar-refractivity contribution in [3.05, 3.63) is 6.92 Å². The average molecular weight is 123 g/mol. The van der Waals surface area contributed by atoms with Crippen LogP contribution in [0.2, 0.25) is 0 Å². The Morgan fingerprint density at radius 3 is 1.62 bits per heavy atom. The highest BCUT2D eigenvalue weighted by atomic mass is 19.4. The van der Waals surface area contributed by atoms with E-state index in [1.54, 1.807) is 0 Å². The van der Waals surface area contributed by atoms with Crippen molar-refractivity contribution in [1.29, 1.82) is 0 Å². The third kappa shape index (κ3) is 0.699.